The average Bonchev–Trinajstić information content (AvgIpc) is 2.66. The van der Waals surface area contributed by atoms with Gasteiger partial charge in [0, 0.05) is 30.6 Å². The molecular formula is C13H14N4O2. The molecule has 3 N–H and O–H groups in total. The minimum absolute atomic E-state index is 0.356. The highest BCUT2D eigenvalue weighted by Crippen LogP contribution is 2.33. The number of aromatic nitrogens is 2. The highest BCUT2D eigenvalue weighted by atomic mass is 16.5. The van der Waals surface area contributed by atoms with Crippen molar-refractivity contribution >= 4 is 17.3 Å². The van der Waals surface area contributed by atoms with Crippen LogP contribution in [0.15, 0.2) is 30.6 Å². The Balaban J connectivity index is 1.86. The molecular weight excluding hydrogens is 244 g/mol. The lowest BCUT2D eigenvalue weighted by molar-refractivity contribution is 0.297. The zero-order chi connectivity index (χ0) is 13.1. The second-order valence-electron chi connectivity index (χ2n) is 4.13. The van der Waals surface area contributed by atoms with Crippen molar-refractivity contribution in [1.82, 2.24) is 9.97 Å². The predicted octanol–water partition coefficient (Wildman–Crippen LogP) is 1.96. The first-order valence-corrected chi connectivity index (χ1v) is 6.06. The molecule has 0 saturated carbocycles. The fraction of sp³-hybridized carbons (Fsp3) is 0.231. The summed E-state index contributed by atoms with van der Waals surface area (Å²) in [5.41, 5.74) is 6.57. The van der Waals surface area contributed by atoms with Gasteiger partial charge >= 0.3 is 0 Å². The van der Waals surface area contributed by atoms with Gasteiger partial charge in [-0.1, -0.05) is 0 Å². The van der Waals surface area contributed by atoms with E-state index in [1.807, 2.05) is 18.2 Å². The van der Waals surface area contributed by atoms with Gasteiger partial charge in [-0.3, -0.25) is 0 Å². The van der Waals surface area contributed by atoms with Crippen LogP contribution in [0.3, 0.4) is 0 Å². The molecule has 3 rings (SSSR count). The van der Waals surface area contributed by atoms with Gasteiger partial charge in [-0.15, -0.1) is 0 Å². The molecule has 1 aromatic heterocycles. The summed E-state index contributed by atoms with van der Waals surface area (Å²) in [6, 6.07) is 5.63. The van der Waals surface area contributed by atoms with E-state index in [2.05, 4.69) is 15.3 Å². The van der Waals surface area contributed by atoms with Gasteiger partial charge in [0.25, 0.3) is 0 Å². The van der Waals surface area contributed by atoms with Crippen molar-refractivity contribution < 1.29 is 9.47 Å². The molecule has 1 aromatic carbocycles. The molecule has 0 aliphatic carbocycles. The van der Waals surface area contributed by atoms with Gasteiger partial charge in [0.05, 0.1) is 13.2 Å². The van der Waals surface area contributed by atoms with Crippen molar-refractivity contribution in [1.29, 1.82) is 0 Å². The zero-order valence-electron chi connectivity index (χ0n) is 10.3. The molecule has 6 nitrogen and oxygen atoms in total. The molecule has 0 atom stereocenters. The summed E-state index contributed by atoms with van der Waals surface area (Å²) in [6.45, 7) is 1.33. The Labute approximate surface area is 110 Å². The summed E-state index contributed by atoms with van der Waals surface area (Å²) in [4.78, 5) is 8.11. The van der Waals surface area contributed by atoms with Crippen LogP contribution in [0.5, 0.6) is 11.5 Å². The molecule has 19 heavy (non-hydrogen) atoms. The van der Waals surface area contributed by atoms with E-state index in [-0.39, 0.29) is 0 Å². The van der Waals surface area contributed by atoms with Crippen LogP contribution in [0.2, 0.25) is 0 Å². The molecule has 2 aromatic rings. The van der Waals surface area contributed by atoms with Crippen molar-refractivity contribution in [3.8, 4) is 11.5 Å². The molecule has 0 fully saturated rings. The van der Waals surface area contributed by atoms with Gasteiger partial charge in [0.2, 0.25) is 0 Å². The number of nitrogens with two attached hydrogens (primary N) is 1. The Hall–Kier alpha value is -2.50. The lowest BCUT2D eigenvalue weighted by Gasteiger charge is -2.11. The molecule has 1 aliphatic rings. The first-order chi connectivity index (χ1) is 9.33. The predicted molar refractivity (Wildman–Crippen MR) is 71.8 cm³/mol. The van der Waals surface area contributed by atoms with E-state index in [9.17, 15) is 0 Å². The van der Waals surface area contributed by atoms with Gasteiger partial charge in [0.15, 0.2) is 23.1 Å². The normalized spacial score (nSPS) is 13.7. The van der Waals surface area contributed by atoms with E-state index in [1.54, 1.807) is 12.4 Å². The molecule has 0 saturated heterocycles. The Morgan fingerprint density at radius 3 is 2.68 bits per heavy atom. The van der Waals surface area contributed by atoms with E-state index in [1.165, 1.54) is 0 Å². The van der Waals surface area contributed by atoms with Crippen LogP contribution < -0.4 is 20.5 Å². The third-order valence-electron chi connectivity index (χ3n) is 2.74. The Morgan fingerprint density at radius 2 is 1.84 bits per heavy atom. The van der Waals surface area contributed by atoms with Gasteiger partial charge in [-0.05, 0) is 12.1 Å². The minimum Gasteiger partial charge on any atom is -0.490 e. The summed E-state index contributed by atoms with van der Waals surface area (Å²) in [5.74, 6) is 2.37. The Bertz CT molecular complexity index is 589. The number of fused-ring (bicyclic) bond motifs is 1. The summed E-state index contributed by atoms with van der Waals surface area (Å²) in [6.07, 6.45) is 4.02. The molecule has 2 heterocycles. The molecule has 98 valence electrons. The summed E-state index contributed by atoms with van der Waals surface area (Å²) >= 11 is 0. The topological polar surface area (TPSA) is 82.3 Å². The number of nitrogen functional groups attached to an aromatic ring is 1. The maximum absolute atomic E-state index is 5.74. The quantitative estimate of drug-likeness (QED) is 0.857. The molecule has 0 bridgehead atoms. The second kappa shape index (κ2) is 5.01. The van der Waals surface area contributed by atoms with Gasteiger partial charge < -0.3 is 20.5 Å². The van der Waals surface area contributed by atoms with Crippen molar-refractivity contribution in [3.63, 3.8) is 0 Å². The third kappa shape index (κ3) is 2.52. The van der Waals surface area contributed by atoms with Crippen molar-refractivity contribution in [2.45, 2.75) is 6.42 Å². The number of rotatable bonds is 2. The fourth-order valence-corrected chi connectivity index (χ4v) is 1.82. The number of hydrogen-bond acceptors (Lipinski definition) is 6. The molecule has 0 spiro atoms. The van der Waals surface area contributed by atoms with Crippen molar-refractivity contribution in [3.05, 3.63) is 30.6 Å². The van der Waals surface area contributed by atoms with Crippen LogP contribution in [-0.2, 0) is 0 Å². The Kier molecular flexibility index (Phi) is 3.06. The summed E-state index contributed by atoms with van der Waals surface area (Å²) in [7, 11) is 0. The highest BCUT2D eigenvalue weighted by Gasteiger charge is 2.11. The number of nitrogens with zero attached hydrogens (tertiary/aromatic N) is 2. The van der Waals surface area contributed by atoms with Crippen molar-refractivity contribution in [2.75, 3.05) is 24.3 Å². The first-order valence-electron chi connectivity index (χ1n) is 6.06. The molecule has 0 unspecified atom stereocenters. The van der Waals surface area contributed by atoms with Gasteiger partial charge in [-0.25, -0.2) is 9.97 Å². The number of benzene rings is 1. The maximum atomic E-state index is 5.74. The lowest BCUT2D eigenvalue weighted by Crippen LogP contribution is -2.01. The first kappa shape index (κ1) is 11.6. The van der Waals surface area contributed by atoms with Crippen LogP contribution in [0.25, 0.3) is 0 Å². The molecule has 6 heteroatoms. The van der Waals surface area contributed by atoms with Crippen LogP contribution in [0, 0.1) is 0 Å². The standard InChI is InChI=1S/C13H14N4O2/c14-12-13(16-5-4-15-12)17-9-2-3-10-11(8-9)19-7-1-6-18-10/h2-5,8H,1,6-7H2,(H2,14,15)(H,16,17). The van der Waals surface area contributed by atoms with E-state index < -0.39 is 0 Å². The largest absolute Gasteiger partial charge is 0.490 e. The van der Waals surface area contributed by atoms with Crippen LogP contribution in [-0.4, -0.2) is 23.2 Å². The van der Waals surface area contributed by atoms with Crippen LogP contribution in [0.1, 0.15) is 6.42 Å². The van der Waals surface area contributed by atoms with E-state index >= 15 is 0 Å². The third-order valence-corrected chi connectivity index (χ3v) is 2.74. The van der Waals surface area contributed by atoms with Gasteiger partial charge in [-0.2, -0.15) is 0 Å². The minimum atomic E-state index is 0.356. The molecule has 1 aliphatic heterocycles. The Morgan fingerprint density at radius 1 is 1.05 bits per heavy atom. The number of nitrogens with one attached hydrogen (secondary N) is 1. The van der Waals surface area contributed by atoms with E-state index in [0.29, 0.717) is 24.8 Å². The molecule has 0 radical (unpaired) electrons. The number of ether oxygens (including phenoxy) is 2. The van der Waals surface area contributed by atoms with Crippen LogP contribution >= 0.6 is 0 Å². The highest BCUT2D eigenvalue weighted by molar-refractivity contribution is 5.67. The van der Waals surface area contributed by atoms with Crippen molar-refractivity contribution in [2.24, 2.45) is 0 Å². The fourth-order valence-electron chi connectivity index (χ4n) is 1.82. The molecule has 0 amide bonds. The van der Waals surface area contributed by atoms with E-state index in [0.717, 1.165) is 23.6 Å². The maximum Gasteiger partial charge on any atom is 0.173 e. The van der Waals surface area contributed by atoms with E-state index in [4.69, 9.17) is 15.2 Å². The SMILES string of the molecule is Nc1nccnc1Nc1ccc2c(c1)OCCCO2. The summed E-state index contributed by atoms with van der Waals surface area (Å²) in [5, 5.41) is 3.11. The second-order valence-corrected chi connectivity index (χ2v) is 4.13. The monoisotopic (exact) mass is 258 g/mol. The smallest absolute Gasteiger partial charge is 0.173 e. The van der Waals surface area contributed by atoms with Gasteiger partial charge in [0.1, 0.15) is 0 Å². The lowest BCUT2D eigenvalue weighted by atomic mass is 10.2. The summed E-state index contributed by atoms with van der Waals surface area (Å²) < 4.78 is 11.2. The number of anilines is 3. The zero-order valence-corrected chi connectivity index (χ0v) is 10.3. The average molecular weight is 258 g/mol. The number of hydrogen-bond donors (Lipinski definition) is 2. The van der Waals surface area contributed by atoms with Crippen LogP contribution in [0.4, 0.5) is 17.3 Å².